The van der Waals surface area contributed by atoms with Crippen molar-refractivity contribution in [1.82, 2.24) is 20.6 Å². The summed E-state index contributed by atoms with van der Waals surface area (Å²) in [6, 6.07) is -3.65. The second-order valence-corrected chi connectivity index (χ2v) is 6.47. The van der Waals surface area contributed by atoms with E-state index in [0.29, 0.717) is 12.1 Å². The predicted octanol–water partition coefficient (Wildman–Crippen LogP) is -3.74. The summed E-state index contributed by atoms with van der Waals surface area (Å²) in [5.41, 5.74) is 21.6. The molecule has 3 amide bonds. The van der Waals surface area contributed by atoms with Gasteiger partial charge in [0, 0.05) is 24.9 Å². The molecule has 0 saturated heterocycles. The highest BCUT2D eigenvalue weighted by molar-refractivity contribution is 5.93. The van der Waals surface area contributed by atoms with Gasteiger partial charge in [-0.05, 0) is 12.8 Å². The molecule has 166 valence electrons. The Labute approximate surface area is 171 Å². The summed E-state index contributed by atoms with van der Waals surface area (Å²) >= 11 is 0. The molecular formula is C16H27N9O5. The minimum Gasteiger partial charge on any atom is -0.480 e. The van der Waals surface area contributed by atoms with Crippen LogP contribution in [0.15, 0.2) is 17.5 Å². The van der Waals surface area contributed by atoms with Crippen molar-refractivity contribution < 1.29 is 24.3 Å². The second kappa shape index (κ2) is 12.0. The quantitative estimate of drug-likeness (QED) is 0.0875. The molecule has 1 aromatic heterocycles. The number of hydrogen-bond acceptors (Lipinski definition) is 7. The maximum atomic E-state index is 12.7. The minimum absolute atomic E-state index is 0.0127. The van der Waals surface area contributed by atoms with Crippen LogP contribution >= 0.6 is 0 Å². The number of primary amides is 1. The normalized spacial score (nSPS) is 13.5. The first-order valence-corrected chi connectivity index (χ1v) is 9.00. The Morgan fingerprint density at radius 3 is 2.33 bits per heavy atom. The number of carbonyl (C=O) groups is 4. The van der Waals surface area contributed by atoms with Crippen LogP contribution in [0.3, 0.4) is 0 Å². The third kappa shape index (κ3) is 9.01. The highest BCUT2D eigenvalue weighted by atomic mass is 16.4. The van der Waals surface area contributed by atoms with Gasteiger partial charge in [0.05, 0.1) is 18.8 Å². The Morgan fingerprint density at radius 1 is 1.13 bits per heavy atom. The number of hydrogen-bond donors (Lipinski definition) is 8. The van der Waals surface area contributed by atoms with Crippen molar-refractivity contribution in [3.8, 4) is 0 Å². The van der Waals surface area contributed by atoms with Crippen molar-refractivity contribution in [3.63, 3.8) is 0 Å². The first kappa shape index (κ1) is 24.4. The van der Waals surface area contributed by atoms with Crippen molar-refractivity contribution in [2.75, 3.05) is 6.54 Å². The molecule has 0 aliphatic rings. The third-order valence-electron chi connectivity index (χ3n) is 3.93. The van der Waals surface area contributed by atoms with Gasteiger partial charge in [-0.1, -0.05) is 0 Å². The second-order valence-electron chi connectivity index (χ2n) is 6.47. The van der Waals surface area contributed by atoms with E-state index in [4.69, 9.17) is 22.9 Å². The van der Waals surface area contributed by atoms with Gasteiger partial charge in [-0.15, -0.1) is 0 Å². The fourth-order valence-electron chi connectivity index (χ4n) is 2.45. The van der Waals surface area contributed by atoms with Crippen LogP contribution < -0.4 is 33.6 Å². The molecule has 14 heteroatoms. The van der Waals surface area contributed by atoms with E-state index in [1.54, 1.807) is 0 Å². The molecular weight excluding hydrogens is 398 g/mol. The van der Waals surface area contributed by atoms with E-state index in [9.17, 15) is 24.3 Å². The number of nitrogens with one attached hydrogen (secondary N) is 3. The zero-order valence-corrected chi connectivity index (χ0v) is 16.2. The fourth-order valence-corrected chi connectivity index (χ4v) is 2.45. The summed E-state index contributed by atoms with van der Waals surface area (Å²) in [4.78, 5) is 57.7. The number of nitrogens with zero attached hydrogens (tertiary/aromatic N) is 2. The molecule has 30 heavy (non-hydrogen) atoms. The van der Waals surface area contributed by atoms with Crippen LogP contribution in [0.4, 0.5) is 0 Å². The van der Waals surface area contributed by atoms with Crippen LogP contribution in [-0.2, 0) is 25.6 Å². The van der Waals surface area contributed by atoms with Crippen LogP contribution in [0.25, 0.3) is 0 Å². The number of imidazole rings is 1. The number of rotatable bonds is 13. The Morgan fingerprint density at radius 2 is 1.80 bits per heavy atom. The number of aliphatic carboxylic acids is 1. The summed E-state index contributed by atoms with van der Waals surface area (Å²) in [5.74, 6) is -3.70. The Kier molecular flexibility index (Phi) is 9.75. The van der Waals surface area contributed by atoms with Gasteiger partial charge in [-0.25, -0.2) is 9.78 Å². The predicted molar refractivity (Wildman–Crippen MR) is 105 cm³/mol. The van der Waals surface area contributed by atoms with Gasteiger partial charge >= 0.3 is 5.97 Å². The number of carboxylic acid groups (broad SMARTS) is 1. The summed E-state index contributed by atoms with van der Waals surface area (Å²) in [7, 11) is 0. The third-order valence-corrected chi connectivity index (χ3v) is 3.93. The van der Waals surface area contributed by atoms with E-state index >= 15 is 0 Å². The van der Waals surface area contributed by atoms with Gasteiger partial charge in [-0.3, -0.25) is 19.4 Å². The van der Waals surface area contributed by atoms with Crippen LogP contribution in [0.2, 0.25) is 0 Å². The van der Waals surface area contributed by atoms with Crippen molar-refractivity contribution in [2.24, 2.45) is 27.9 Å². The molecule has 0 radical (unpaired) electrons. The number of amides is 3. The number of guanidine groups is 1. The standard InChI is InChI=1S/C16H27N9O5/c17-9(5-12(18)26)13(27)25-11(4-8-6-21-7-23-8)14(28)24-10(15(29)30)2-1-3-22-16(19)20/h6-7,9-11H,1-5,17H2,(H2,18,26)(H,21,23)(H,24,28)(H,25,27)(H,29,30)(H4,19,20,22). The van der Waals surface area contributed by atoms with Crippen molar-refractivity contribution in [3.05, 3.63) is 18.2 Å². The highest BCUT2D eigenvalue weighted by Crippen LogP contribution is 2.04. The number of carboxylic acids is 1. The zero-order chi connectivity index (χ0) is 22.7. The smallest absolute Gasteiger partial charge is 0.326 e. The van der Waals surface area contributed by atoms with E-state index < -0.39 is 48.2 Å². The van der Waals surface area contributed by atoms with Crippen molar-refractivity contribution in [2.45, 2.75) is 43.8 Å². The molecule has 0 spiro atoms. The number of aliphatic imine (C=N–C) groups is 1. The molecule has 14 nitrogen and oxygen atoms in total. The number of aromatic amines is 1. The van der Waals surface area contributed by atoms with Gasteiger partial charge in [-0.2, -0.15) is 0 Å². The van der Waals surface area contributed by atoms with E-state index in [2.05, 4.69) is 25.6 Å². The Balaban J connectivity index is 2.83. The summed E-state index contributed by atoms with van der Waals surface area (Å²) in [6.45, 7) is 0.193. The first-order chi connectivity index (χ1) is 14.1. The minimum atomic E-state index is -1.26. The average Bonchev–Trinajstić information content (AvgIpc) is 3.15. The summed E-state index contributed by atoms with van der Waals surface area (Å²) < 4.78 is 0. The van der Waals surface area contributed by atoms with E-state index in [1.165, 1.54) is 12.5 Å². The SMILES string of the molecule is NC(=O)CC(N)C(=O)NC(Cc1cnc[nH]1)C(=O)NC(CCCN=C(N)N)C(=O)O. The summed E-state index contributed by atoms with van der Waals surface area (Å²) in [6.07, 6.45) is 2.77. The van der Waals surface area contributed by atoms with E-state index in [-0.39, 0.29) is 25.3 Å². The van der Waals surface area contributed by atoms with Gasteiger partial charge < -0.3 is 43.7 Å². The zero-order valence-electron chi connectivity index (χ0n) is 16.2. The molecule has 1 heterocycles. The molecule has 0 bridgehead atoms. The van der Waals surface area contributed by atoms with Crippen molar-refractivity contribution in [1.29, 1.82) is 0 Å². The number of H-pyrrole nitrogens is 1. The van der Waals surface area contributed by atoms with Gasteiger partial charge in [0.25, 0.3) is 0 Å². The number of nitrogens with two attached hydrogens (primary N) is 4. The lowest BCUT2D eigenvalue weighted by Crippen LogP contribution is -2.55. The molecule has 0 aliphatic carbocycles. The molecule has 12 N–H and O–H groups in total. The lowest BCUT2D eigenvalue weighted by atomic mass is 10.1. The summed E-state index contributed by atoms with van der Waals surface area (Å²) in [5, 5.41) is 14.1. The lowest BCUT2D eigenvalue weighted by molar-refractivity contribution is -0.142. The maximum Gasteiger partial charge on any atom is 0.326 e. The Hall–Kier alpha value is -3.68. The molecule has 0 aliphatic heterocycles. The topological polar surface area (TPSA) is 258 Å². The van der Waals surface area contributed by atoms with Crippen LogP contribution in [-0.4, -0.2) is 69.4 Å². The fraction of sp³-hybridized carbons (Fsp3) is 0.500. The largest absolute Gasteiger partial charge is 0.480 e. The highest BCUT2D eigenvalue weighted by Gasteiger charge is 2.28. The van der Waals surface area contributed by atoms with Crippen LogP contribution in [0.1, 0.15) is 25.0 Å². The molecule has 3 atom stereocenters. The molecule has 1 rings (SSSR count). The van der Waals surface area contributed by atoms with E-state index in [1.807, 2.05) is 0 Å². The maximum absolute atomic E-state index is 12.7. The molecule has 1 aromatic rings. The molecule has 3 unspecified atom stereocenters. The molecule has 0 aromatic carbocycles. The van der Waals surface area contributed by atoms with Crippen LogP contribution in [0.5, 0.6) is 0 Å². The van der Waals surface area contributed by atoms with Gasteiger partial charge in [0.2, 0.25) is 17.7 Å². The number of aromatic nitrogens is 2. The van der Waals surface area contributed by atoms with Gasteiger partial charge in [0.15, 0.2) is 5.96 Å². The monoisotopic (exact) mass is 425 g/mol. The Bertz CT molecular complexity index is 761. The molecule has 0 saturated carbocycles. The van der Waals surface area contributed by atoms with Crippen LogP contribution in [0, 0.1) is 0 Å². The lowest BCUT2D eigenvalue weighted by Gasteiger charge is -2.22. The number of carbonyl (C=O) groups excluding carboxylic acids is 3. The van der Waals surface area contributed by atoms with E-state index in [0.717, 1.165) is 0 Å². The van der Waals surface area contributed by atoms with Gasteiger partial charge in [0.1, 0.15) is 12.1 Å². The first-order valence-electron chi connectivity index (χ1n) is 9.00. The molecule has 0 fully saturated rings. The average molecular weight is 425 g/mol. The van der Waals surface area contributed by atoms with Crippen molar-refractivity contribution >= 4 is 29.7 Å².